The molecule has 0 aliphatic heterocycles. The number of hydrogen-bond acceptors (Lipinski definition) is 2. The van der Waals surface area contributed by atoms with Crippen LogP contribution in [-0.2, 0) is 23.8 Å². The Balaban J connectivity index is 1.51. The van der Waals surface area contributed by atoms with Gasteiger partial charge in [0, 0.05) is 17.6 Å². The van der Waals surface area contributed by atoms with E-state index >= 15 is 0 Å². The molecule has 2 aromatic carbocycles. The first kappa shape index (κ1) is 22.8. The molecule has 33 heavy (non-hydrogen) atoms. The third kappa shape index (κ3) is 5.03. The number of alkyl halides is 3. The zero-order valence-electron chi connectivity index (χ0n) is 18.4. The standard InChI is InChI=1S/C28H25F3O2/c1-3-4-5-9-24-25-17-21(16-20-8-6-7-19(15-20)14-18(2)32)26(25)27(24)33-23-12-10-22(11-13-23)28(29,30)31/h3,5-13,15,21H,1,4,14,16-17H2,2H3/b9-5-/t21-/m0/s1. The Kier molecular flexibility index (Phi) is 6.41. The molecule has 0 saturated carbocycles. The van der Waals surface area contributed by atoms with Crippen LogP contribution < -0.4 is 4.74 Å². The van der Waals surface area contributed by atoms with Crippen molar-refractivity contribution < 1.29 is 22.7 Å². The minimum Gasteiger partial charge on any atom is -0.456 e. The summed E-state index contributed by atoms with van der Waals surface area (Å²) in [5, 5.41) is 0. The van der Waals surface area contributed by atoms with Gasteiger partial charge in [-0.15, -0.1) is 6.58 Å². The molecule has 0 fully saturated rings. The molecule has 0 aromatic heterocycles. The molecule has 0 bridgehead atoms. The average Bonchev–Trinajstić information content (AvgIpc) is 2.74. The van der Waals surface area contributed by atoms with Gasteiger partial charge in [-0.2, -0.15) is 13.2 Å². The van der Waals surface area contributed by atoms with Gasteiger partial charge in [0.05, 0.1) is 5.56 Å². The summed E-state index contributed by atoms with van der Waals surface area (Å²) in [4.78, 5) is 11.4. The summed E-state index contributed by atoms with van der Waals surface area (Å²) in [6, 6.07) is 12.9. The Morgan fingerprint density at radius 1 is 1.15 bits per heavy atom. The van der Waals surface area contributed by atoms with Crippen LogP contribution in [0.4, 0.5) is 13.2 Å². The number of carbonyl (C=O) groups is 1. The highest BCUT2D eigenvalue weighted by atomic mass is 19.4. The van der Waals surface area contributed by atoms with E-state index in [1.165, 1.54) is 17.7 Å². The number of hydrogen-bond donors (Lipinski definition) is 0. The number of benzene rings is 2. The highest BCUT2D eigenvalue weighted by molar-refractivity contribution is 5.78. The number of allylic oxidation sites excluding steroid dienone is 6. The van der Waals surface area contributed by atoms with Crippen LogP contribution in [0, 0.1) is 5.92 Å². The Morgan fingerprint density at radius 3 is 2.55 bits per heavy atom. The average molecular weight is 451 g/mol. The van der Waals surface area contributed by atoms with Gasteiger partial charge in [0.2, 0.25) is 0 Å². The van der Waals surface area contributed by atoms with E-state index in [4.69, 9.17) is 4.74 Å². The predicted octanol–water partition coefficient (Wildman–Crippen LogP) is 7.17. The number of ether oxygens (including phenoxy) is 1. The van der Waals surface area contributed by atoms with Crippen LogP contribution in [0.15, 0.2) is 95.8 Å². The Hall–Kier alpha value is -3.34. The maximum absolute atomic E-state index is 12.9. The minimum absolute atomic E-state index is 0.130. The summed E-state index contributed by atoms with van der Waals surface area (Å²) in [6.45, 7) is 5.31. The second-order valence-electron chi connectivity index (χ2n) is 8.49. The molecule has 2 aromatic rings. The lowest BCUT2D eigenvalue weighted by atomic mass is 9.63. The maximum atomic E-state index is 12.9. The molecule has 2 nitrogen and oxygen atoms in total. The Bertz CT molecular complexity index is 1160. The van der Waals surface area contributed by atoms with Crippen molar-refractivity contribution in [2.75, 3.05) is 0 Å². The van der Waals surface area contributed by atoms with Crippen LogP contribution in [-0.4, -0.2) is 5.78 Å². The van der Waals surface area contributed by atoms with Crippen molar-refractivity contribution in [3.63, 3.8) is 0 Å². The van der Waals surface area contributed by atoms with E-state index in [2.05, 4.69) is 18.7 Å². The normalized spacial score (nSPS) is 17.5. The fraction of sp³-hybridized carbons (Fsp3) is 0.250. The van der Waals surface area contributed by atoms with Crippen LogP contribution in [0.2, 0.25) is 0 Å². The molecule has 4 rings (SSSR count). The highest BCUT2D eigenvalue weighted by Gasteiger charge is 2.43. The van der Waals surface area contributed by atoms with Crippen LogP contribution in [0.3, 0.4) is 0 Å². The Labute approximate surface area is 191 Å². The third-order valence-corrected chi connectivity index (χ3v) is 5.91. The van der Waals surface area contributed by atoms with Crippen LogP contribution in [0.25, 0.3) is 0 Å². The van der Waals surface area contributed by atoms with Gasteiger partial charge < -0.3 is 4.74 Å². The largest absolute Gasteiger partial charge is 0.456 e. The van der Waals surface area contributed by atoms with Gasteiger partial charge in [-0.25, -0.2) is 0 Å². The zero-order valence-corrected chi connectivity index (χ0v) is 18.4. The smallest absolute Gasteiger partial charge is 0.416 e. The monoisotopic (exact) mass is 450 g/mol. The molecule has 0 spiro atoms. The SMILES string of the molecule is C=CC/C=C\C1=C(Oc2ccc(C(F)(F)F)cc2)C2=C1C[C@@H]2Cc1cccc(CC(C)=O)c1. The van der Waals surface area contributed by atoms with E-state index in [0.29, 0.717) is 12.2 Å². The van der Waals surface area contributed by atoms with Gasteiger partial charge in [-0.1, -0.05) is 42.5 Å². The third-order valence-electron chi connectivity index (χ3n) is 5.91. The molecule has 0 unspecified atom stereocenters. The summed E-state index contributed by atoms with van der Waals surface area (Å²) < 4.78 is 44.7. The number of ketones is 1. The van der Waals surface area contributed by atoms with Crippen molar-refractivity contribution >= 4 is 5.78 Å². The fourth-order valence-corrected chi connectivity index (χ4v) is 4.38. The second kappa shape index (κ2) is 9.26. The molecule has 0 heterocycles. The molecule has 5 heteroatoms. The van der Waals surface area contributed by atoms with E-state index in [9.17, 15) is 18.0 Å². The van der Waals surface area contributed by atoms with Gasteiger partial charge in [0.25, 0.3) is 0 Å². The van der Waals surface area contributed by atoms with Crippen molar-refractivity contribution in [2.24, 2.45) is 5.92 Å². The molecular formula is C28H25F3O2. The van der Waals surface area contributed by atoms with Crippen LogP contribution in [0.1, 0.15) is 36.5 Å². The molecular weight excluding hydrogens is 425 g/mol. The van der Waals surface area contributed by atoms with E-state index in [1.54, 1.807) is 13.0 Å². The molecule has 0 amide bonds. The first-order chi connectivity index (χ1) is 15.8. The van der Waals surface area contributed by atoms with Crippen molar-refractivity contribution in [2.45, 2.75) is 38.8 Å². The topological polar surface area (TPSA) is 26.3 Å². The minimum atomic E-state index is -4.38. The quantitative estimate of drug-likeness (QED) is 0.379. The Morgan fingerprint density at radius 2 is 1.88 bits per heavy atom. The fourth-order valence-electron chi connectivity index (χ4n) is 4.38. The summed E-state index contributed by atoms with van der Waals surface area (Å²) in [5.41, 5.74) is 4.87. The molecule has 1 atom stereocenters. The highest BCUT2D eigenvalue weighted by Crippen LogP contribution is 2.54. The maximum Gasteiger partial charge on any atom is 0.416 e. The number of Topliss-reactive ketones (excluding diaryl/α,β-unsaturated/α-hetero) is 1. The first-order valence-corrected chi connectivity index (χ1v) is 10.9. The predicted molar refractivity (Wildman–Crippen MR) is 123 cm³/mol. The van der Waals surface area contributed by atoms with Gasteiger partial charge >= 0.3 is 6.18 Å². The molecule has 2 aliphatic rings. The van der Waals surface area contributed by atoms with Gasteiger partial charge in [0.1, 0.15) is 17.3 Å². The van der Waals surface area contributed by atoms with Crippen molar-refractivity contribution in [3.8, 4) is 5.75 Å². The van der Waals surface area contributed by atoms with E-state index in [1.807, 2.05) is 24.3 Å². The van der Waals surface area contributed by atoms with Crippen molar-refractivity contribution in [1.82, 2.24) is 0 Å². The van der Waals surface area contributed by atoms with Crippen molar-refractivity contribution in [1.29, 1.82) is 0 Å². The molecule has 2 aliphatic carbocycles. The summed E-state index contributed by atoms with van der Waals surface area (Å²) in [6.07, 6.45) is 4.34. The zero-order chi connectivity index (χ0) is 23.6. The van der Waals surface area contributed by atoms with Crippen molar-refractivity contribution in [3.05, 3.63) is 113 Å². The second-order valence-corrected chi connectivity index (χ2v) is 8.49. The van der Waals surface area contributed by atoms with Crippen LogP contribution in [0.5, 0.6) is 5.75 Å². The molecule has 170 valence electrons. The molecule has 0 N–H and O–H groups in total. The summed E-state index contributed by atoms with van der Waals surface area (Å²) >= 11 is 0. The lowest BCUT2D eigenvalue weighted by Crippen LogP contribution is -2.33. The van der Waals surface area contributed by atoms with Crippen LogP contribution >= 0.6 is 0 Å². The lowest BCUT2D eigenvalue weighted by molar-refractivity contribution is -0.137. The molecule has 0 radical (unpaired) electrons. The molecule has 0 saturated heterocycles. The van der Waals surface area contributed by atoms with E-state index in [-0.39, 0.29) is 11.7 Å². The number of carbonyl (C=O) groups excluding carboxylic acids is 1. The number of halogens is 3. The van der Waals surface area contributed by atoms with E-state index in [0.717, 1.165) is 59.4 Å². The lowest BCUT2D eigenvalue weighted by Gasteiger charge is -2.43. The van der Waals surface area contributed by atoms with Gasteiger partial charge in [-0.3, -0.25) is 4.79 Å². The summed E-state index contributed by atoms with van der Waals surface area (Å²) in [7, 11) is 0. The van der Waals surface area contributed by atoms with Gasteiger partial charge in [-0.05, 0) is 73.1 Å². The first-order valence-electron chi connectivity index (χ1n) is 10.9. The van der Waals surface area contributed by atoms with Gasteiger partial charge in [0.15, 0.2) is 0 Å². The van der Waals surface area contributed by atoms with E-state index < -0.39 is 11.7 Å². The summed E-state index contributed by atoms with van der Waals surface area (Å²) in [5.74, 6) is 1.54. The number of rotatable bonds is 9.